The summed E-state index contributed by atoms with van der Waals surface area (Å²) in [6.07, 6.45) is 3.36. The first-order chi connectivity index (χ1) is 10.6. The first-order valence-electron chi connectivity index (χ1n) is 6.67. The van der Waals surface area contributed by atoms with Crippen LogP contribution >= 0.6 is 11.6 Å². The number of anilines is 1. The summed E-state index contributed by atoms with van der Waals surface area (Å²) in [4.78, 5) is 16.2. The van der Waals surface area contributed by atoms with Gasteiger partial charge in [0.05, 0.1) is 5.69 Å². The van der Waals surface area contributed by atoms with E-state index in [-0.39, 0.29) is 5.91 Å². The molecule has 0 aliphatic carbocycles. The van der Waals surface area contributed by atoms with E-state index in [0.29, 0.717) is 22.1 Å². The van der Waals surface area contributed by atoms with Crippen LogP contribution in [0.2, 0.25) is 5.02 Å². The van der Waals surface area contributed by atoms with Crippen LogP contribution in [0.1, 0.15) is 16.1 Å². The number of hydrogen-bond acceptors (Lipinski definition) is 3. The molecule has 22 heavy (non-hydrogen) atoms. The monoisotopic (exact) mass is 312 g/mol. The van der Waals surface area contributed by atoms with Gasteiger partial charge >= 0.3 is 0 Å². The SMILES string of the molecule is Cc1ccc(NC(=O)c2cc(-c3ccncc3)n[nH]2)cc1Cl. The molecule has 0 radical (unpaired) electrons. The minimum Gasteiger partial charge on any atom is -0.321 e. The quantitative estimate of drug-likeness (QED) is 0.775. The lowest BCUT2D eigenvalue weighted by Gasteiger charge is -2.05. The molecule has 5 nitrogen and oxygen atoms in total. The van der Waals surface area contributed by atoms with Crippen molar-refractivity contribution in [1.82, 2.24) is 15.2 Å². The average Bonchev–Trinajstić information content (AvgIpc) is 3.02. The molecule has 3 aromatic rings. The molecule has 0 unspecified atom stereocenters. The number of amides is 1. The Balaban J connectivity index is 1.78. The third-order valence-electron chi connectivity index (χ3n) is 3.23. The number of hydrogen-bond donors (Lipinski definition) is 2. The van der Waals surface area contributed by atoms with Crippen LogP contribution in [-0.2, 0) is 0 Å². The summed E-state index contributed by atoms with van der Waals surface area (Å²) in [5.74, 6) is -0.271. The van der Waals surface area contributed by atoms with Crippen LogP contribution in [-0.4, -0.2) is 21.1 Å². The van der Waals surface area contributed by atoms with Crippen molar-refractivity contribution in [3.8, 4) is 11.3 Å². The molecule has 110 valence electrons. The average molecular weight is 313 g/mol. The second kappa shape index (κ2) is 5.99. The summed E-state index contributed by atoms with van der Waals surface area (Å²) < 4.78 is 0. The zero-order valence-electron chi connectivity index (χ0n) is 11.8. The van der Waals surface area contributed by atoms with E-state index >= 15 is 0 Å². The molecule has 0 saturated carbocycles. The number of aromatic nitrogens is 3. The number of aromatic amines is 1. The largest absolute Gasteiger partial charge is 0.321 e. The summed E-state index contributed by atoms with van der Waals surface area (Å²) in [5, 5.41) is 10.3. The standard InChI is InChI=1S/C16H13ClN4O/c1-10-2-3-12(8-13(10)17)19-16(22)15-9-14(20-21-15)11-4-6-18-7-5-11/h2-9H,1H3,(H,19,22)(H,20,21). The van der Waals surface area contributed by atoms with Gasteiger partial charge in [-0.3, -0.25) is 14.9 Å². The number of carbonyl (C=O) groups excluding carboxylic acids is 1. The van der Waals surface area contributed by atoms with Gasteiger partial charge in [-0.15, -0.1) is 0 Å². The fraction of sp³-hybridized carbons (Fsp3) is 0.0625. The molecule has 6 heteroatoms. The van der Waals surface area contributed by atoms with Gasteiger partial charge in [0.1, 0.15) is 5.69 Å². The van der Waals surface area contributed by atoms with Crippen LogP contribution in [0.25, 0.3) is 11.3 Å². The predicted octanol–water partition coefficient (Wildman–Crippen LogP) is 3.69. The maximum Gasteiger partial charge on any atom is 0.273 e. The molecular weight excluding hydrogens is 300 g/mol. The lowest BCUT2D eigenvalue weighted by Crippen LogP contribution is -2.12. The minimum absolute atomic E-state index is 0.271. The number of halogens is 1. The Hall–Kier alpha value is -2.66. The van der Waals surface area contributed by atoms with Crippen LogP contribution in [0.3, 0.4) is 0 Å². The molecule has 0 fully saturated rings. The second-order valence-electron chi connectivity index (χ2n) is 4.82. The molecule has 2 heterocycles. The number of rotatable bonds is 3. The lowest BCUT2D eigenvalue weighted by molar-refractivity contribution is 0.102. The van der Waals surface area contributed by atoms with Crippen molar-refractivity contribution in [3.63, 3.8) is 0 Å². The highest BCUT2D eigenvalue weighted by molar-refractivity contribution is 6.31. The van der Waals surface area contributed by atoms with Crippen LogP contribution in [0.15, 0.2) is 48.8 Å². The number of pyridine rings is 1. The molecule has 3 rings (SSSR count). The molecule has 1 aromatic carbocycles. The molecule has 0 aliphatic rings. The van der Waals surface area contributed by atoms with Gasteiger partial charge in [-0.05, 0) is 42.8 Å². The molecule has 0 saturated heterocycles. The zero-order chi connectivity index (χ0) is 15.5. The normalized spacial score (nSPS) is 10.5. The van der Waals surface area contributed by atoms with Gasteiger partial charge < -0.3 is 5.32 Å². The van der Waals surface area contributed by atoms with Gasteiger partial charge in [0, 0.05) is 28.7 Å². The predicted molar refractivity (Wildman–Crippen MR) is 86.0 cm³/mol. The topological polar surface area (TPSA) is 70.7 Å². The number of carbonyl (C=O) groups is 1. The van der Waals surface area contributed by atoms with Gasteiger partial charge in [-0.2, -0.15) is 5.10 Å². The molecule has 0 bridgehead atoms. The van der Waals surface area contributed by atoms with Crippen molar-refractivity contribution < 1.29 is 4.79 Å². The van der Waals surface area contributed by atoms with Crippen LogP contribution in [0.4, 0.5) is 5.69 Å². The molecule has 0 aliphatic heterocycles. The Morgan fingerprint density at radius 3 is 2.68 bits per heavy atom. The van der Waals surface area contributed by atoms with Crippen molar-refractivity contribution in [1.29, 1.82) is 0 Å². The third-order valence-corrected chi connectivity index (χ3v) is 3.64. The summed E-state index contributed by atoms with van der Waals surface area (Å²) in [6.45, 7) is 1.91. The Labute approximate surface area is 132 Å². The number of nitrogens with one attached hydrogen (secondary N) is 2. The van der Waals surface area contributed by atoms with Gasteiger partial charge in [0.15, 0.2) is 0 Å². The number of aryl methyl sites for hydroxylation is 1. The number of H-pyrrole nitrogens is 1. The van der Waals surface area contributed by atoms with Crippen molar-refractivity contribution in [3.05, 3.63) is 65.1 Å². The van der Waals surface area contributed by atoms with E-state index in [1.54, 1.807) is 30.6 Å². The van der Waals surface area contributed by atoms with Crippen molar-refractivity contribution in [2.45, 2.75) is 6.92 Å². The molecule has 2 aromatic heterocycles. The maximum absolute atomic E-state index is 12.2. The summed E-state index contributed by atoms with van der Waals surface area (Å²) in [6, 6.07) is 10.7. The smallest absolute Gasteiger partial charge is 0.273 e. The van der Waals surface area contributed by atoms with E-state index in [0.717, 1.165) is 11.1 Å². The Morgan fingerprint density at radius 2 is 1.95 bits per heavy atom. The Kier molecular flexibility index (Phi) is 3.89. The van der Waals surface area contributed by atoms with Gasteiger partial charge in [0.25, 0.3) is 5.91 Å². The molecule has 2 N–H and O–H groups in total. The minimum atomic E-state index is -0.271. The highest BCUT2D eigenvalue weighted by atomic mass is 35.5. The van der Waals surface area contributed by atoms with E-state index in [4.69, 9.17) is 11.6 Å². The van der Waals surface area contributed by atoms with E-state index < -0.39 is 0 Å². The fourth-order valence-corrected chi connectivity index (χ4v) is 2.16. The molecule has 0 spiro atoms. The van der Waals surface area contributed by atoms with E-state index in [1.807, 2.05) is 25.1 Å². The highest BCUT2D eigenvalue weighted by Gasteiger charge is 2.11. The van der Waals surface area contributed by atoms with Crippen molar-refractivity contribution in [2.75, 3.05) is 5.32 Å². The number of benzene rings is 1. The van der Waals surface area contributed by atoms with E-state index in [2.05, 4.69) is 20.5 Å². The zero-order valence-corrected chi connectivity index (χ0v) is 12.6. The molecule has 1 amide bonds. The summed E-state index contributed by atoms with van der Waals surface area (Å²) >= 11 is 6.05. The Bertz CT molecular complexity index is 814. The first kappa shape index (κ1) is 14.3. The number of nitrogens with zero attached hydrogens (tertiary/aromatic N) is 2. The van der Waals surface area contributed by atoms with Crippen molar-refractivity contribution >= 4 is 23.2 Å². The summed E-state index contributed by atoms with van der Waals surface area (Å²) in [5.41, 5.74) is 3.56. The third kappa shape index (κ3) is 2.99. The van der Waals surface area contributed by atoms with Gasteiger partial charge in [-0.25, -0.2) is 0 Å². The van der Waals surface area contributed by atoms with E-state index in [1.165, 1.54) is 0 Å². The molecular formula is C16H13ClN4O. The lowest BCUT2D eigenvalue weighted by atomic mass is 10.2. The van der Waals surface area contributed by atoms with Crippen LogP contribution < -0.4 is 5.32 Å². The van der Waals surface area contributed by atoms with Gasteiger partial charge in [-0.1, -0.05) is 17.7 Å². The fourth-order valence-electron chi connectivity index (χ4n) is 1.98. The second-order valence-corrected chi connectivity index (χ2v) is 5.23. The van der Waals surface area contributed by atoms with Crippen molar-refractivity contribution in [2.24, 2.45) is 0 Å². The van der Waals surface area contributed by atoms with Crippen LogP contribution in [0.5, 0.6) is 0 Å². The summed E-state index contributed by atoms with van der Waals surface area (Å²) in [7, 11) is 0. The van der Waals surface area contributed by atoms with Gasteiger partial charge in [0.2, 0.25) is 0 Å². The van der Waals surface area contributed by atoms with Crippen LogP contribution in [0, 0.1) is 6.92 Å². The maximum atomic E-state index is 12.2. The Morgan fingerprint density at radius 1 is 1.18 bits per heavy atom. The highest BCUT2D eigenvalue weighted by Crippen LogP contribution is 2.21. The first-order valence-corrected chi connectivity index (χ1v) is 7.04. The molecule has 0 atom stereocenters. The van der Waals surface area contributed by atoms with E-state index in [9.17, 15) is 4.79 Å².